The molecule has 0 fully saturated rings. The minimum Gasteiger partial charge on any atom is -0.0843 e. The fraction of sp³-hybridized carbons (Fsp3) is 0.143. The van der Waals surface area contributed by atoms with E-state index in [9.17, 15) is 0 Å². The lowest BCUT2D eigenvalue weighted by atomic mass is 10.0. The first-order chi connectivity index (χ1) is 8.58. The van der Waals surface area contributed by atoms with Crippen LogP contribution < -0.4 is 0 Å². The van der Waals surface area contributed by atoms with Gasteiger partial charge in [0.05, 0.1) is 0 Å². The molecule has 0 saturated heterocycles. The Bertz CT molecular complexity index is 554. The third-order valence-electron chi connectivity index (χ3n) is 2.65. The number of hydrogen-bond acceptors (Lipinski definition) is 0. The second-order valence-corrected chi connectivity index (χ2v) is 6.29. The van der Waals surface area contributed by atoms with Crippen LogP contribution in [-0.4, -0.2) is 0 Å². The van der Waals surface area contributed by atoms with E-state index in [-0.39, 0.29) is 4.83 Å². The third kappa shape index (κ3) is 3.42. The molecule has 18 heavy (non-hydrogen) atoms. The van der Waals surface area contributed by atoms with Crippen LogP contribution >= 0.6 is 50.7 Å². The fourth-order valence-corrected chi connectivity index (χ4v) is 3.22. The predicted octanol–water partition coefficient (Wildman–Crippen LogP) is 6.33. The van der Waals surface area contributed by atoms with Crippen LogP contribution in [0.4, 0.5) is 0 Å². The van der Waals surface area contributed by atoms with Crippen molar-refractivity contribution in [2.75, 3.05) is 0 Å². The highest BCUT2D eigenvalue weighted by molar-refractivity contribution is 9.09. The Morgan fingerprint density at radius 1 is 0.944 bits per heavy atom. The minimum absolute atomic E-state index is 0.0867. The molecule has 4 heteroatoms. The lowest BCUT2D eigenvalue weighted by Gasteiger charge is -2.13. The molecule has 2 aromatic rings. The summed E-state index contributed by atoms with van der Waals surface area (Å²) in [6.45, 7) is 0. The van der Waals surface area contributed by atoms with Gasteiger partial charge in [0.25, 0.3) is 0 Å². The maximum Gasteiger partial charge on any atom is 0.0451 e. The summed E-state index contributed by atoms with van der Waals surface area (Å²) in [5.74, 6) is 0. The van der Waals surface area contributed by atoms with E-state index in [2.05, 4.69) is 15.9 Å². The number of hydrogen-bond donors (Lipinski definition) is 0. The molecule has 0 spiro atoms. The normalized spacial score (nSPS) is 12.4. The monoisotopic (exact) mass is 362 g/mol. The Morgan fingerprint density at radius 2 is 1.67 bits per heavy atom. The lowest BCUT2D eigenvalue weighted by Crippen LogP contribution is -1.97. The number of rotatable bonds is 3. The minimum atomic E-state index is 0.0867. The van der Waals surface area contributed by atoms with Crippen LogP contribution in [0.1, 0.15) is 16.0 Å². The molecule has 94 valence electrons. The van der Waals surface area contributed by atoms with Crippen molar-refractivity contribution in [2.45, 2.75) is 11.2 Å². The molecule has 1 unspecified atom stereocenters. The molecule has 0 amide bonds. The smallest absolute Gasteiger partial charge is 0.0451 e. The lowest BCUT2D eigenvalue weighted by molar-refractivity contribution is 0.949. The van der Waals surface area contributed by atoms with Crippen molar-refractivity contribution in [2.24, 2.45) is 0 Å². The summed E-state index contributed by atoms with van der Waals surface area (Å²) in [5.41, 5.74) is 2.06. The van der Waals surface area contributed by atoms with Gasteiger partial charge in [-0.05, 0) is 41.8 Å². The van der Waals surface area contributed by atoms with E-state index in [1.807, 2.05) is 30.3 Å². The molecule has 0 saturated carbocycles. The highest BCUT2D eigenvalue weighted by Crippen LogP contribution is 2.35. The Balaban J connectivity index is 2.25. The number of alkyl halides is 1. The summed E-state index contributed by atoms with van der Waals surface area (Å²) >= 11 is 22.0. The van der Waals surface area contributed by atoms with Crippen LogP contribution in [0, 0.1) is 0 Å². The average Bonchev–Trinajstić information content (AvgIpc) is 2.35. The summed E-state index contributed by atoms with van der Waals surface area (Å²) in [7, 11) is 0. The molecule has 1 atom stereocenters. The number of halogens is 4. The van der Waals surface area contributed by atoms with Crippen LogP contribution in [-0.2, 0) is 6.42 Å². The maximum atomic E-state index is 6.18. The van der Waals surface area contributed by atoms with Gasteiger partial charge in [0, 0.05) is 19.9 Å². The zero-order chi connectivity index (χ0) is 13.1. The standard InChI is InChI=1S/C14H10BrCl3/c15-12(7-9-3-1-2-4-13(9)17)11-8-10(16)5-6-14(11)18/h1-6,8,12H,7H2. The van der Waals surface area contributed by atoms with Crippen molar-refractivity contribution in [3.8, 4) is 0 Å². The van der Waals surface area contributed by atoms with Crippen molar-refractivity contribution in [1.29, 1.82) is 0 Å². The summed E-state index contributed by atoms with van der Waals surface area (Å²) < 4.78 is 0. The van der Waals surface area contributed by atoms with Crippen molar-refractivity contribution in [1.82, 2.24) is 0 Å². The van der Waals surface area contributed by atoms with Crippen LogP contribution in [0.15, 0.2) is 42.5 Å². The first-order valence-corrected chi connectivity index (χ1v) is 7.45. The quantitative estimate of drug-likeness (QED) is 0.559. The van der Waals surface area contributed by atoms with Crippen molar-refractivity contribution in [3.05, 3.63) is 68.7 Å². The molecule has 0 aliphatic rings. The highest BCUT2D eigenvalue weighted by atomic mass is 79.9. The van der Waals surface area contributed by atoms with Gasteiger partial charge in [-0.2, -0.15) is 0 Å². The van der Waals surface area contributed by atoms with Gasteiger partial charge in [-0.15, -0.1) is 0 Å². The Morgan fingerprint density at radius 3 is 2.39 bits per heavy atom. The predicted molar refractivity (Wildman–Crippen MR) is 83.3 cm³/mol. The van der Waals surface area contributed by atoms with E-state index in [0.717, 1.165) is 22.6 Å². The molecule has 0 radical (unpaired) electrons. The van der Waals surface area contributed by atoms with Crippen molar-refractivity contribution >= 4 is 50.7 Å². The van der Waals surface area contributed by atoms with E-state index in [0.29, 0.717) is 10.0 Å². The largest absolute Gasteiger partial charge is 0.0843 e. The van der Waals surface area contributed by atoms with Crippen LogP contribution in [0.25, 0.3) is 0 Å². The molecule has 0 nitrogen and oxygen atoms in total. The third-order valence-corrected chi connectivity index (χ3v) is 4.42. The van der Waals surface area contributed by atoms with Crippen LogP contribution in [0.3, 0.4) is 0 Å². The summed E-state index contributed by atoms with van der Waals surface area (Å²) in [5, 5.41) is 2.14. The van der Waals surface area contributed by atoms with Gasteiger partial charge in [0.15, 0.2) is 0 Å². The molecule has 0 heterocycles. The van der Waals surface area contributed by atoms with Gasteiger partial charge >= 0.3 is 0 Å². The topological polar surface area (TPSA) is 0 Å². The Labute approximate surface area is 130 Å². The van der Waals surface area contributed by atoms with Crippen LogP contribution in [0.2, 0.25) is 15.1 Å². The maximum absolute atomic E-state index is 6.18. The molecule has 0 bridgehead atoms. The summed E-state index contributed by atoms with van der Waals surface area (Å²) in [6, 6.07) is 13.2. The van der Waals surface area contributed by atoms with Gasteiger partial charge in [0.1, 0.15) is 0 Å². The van der Waals surface area contributed by atoms with Crippen molar-refractivity contribution < 1.29 is 0 Å². The zero-order valence-corrected chi connectivity index (χ0v) is 13.2. The second kappa shape index (κ2) is 6.29. The van der Waals surface area contributed by atoms with E-state index < -0.39 is 0 Å². The van der Waals surface area contributed by atoms with E-state index in [4.69, 9.17) is 34.8 Å². The summed E-state index contributed by atoms with van der Waals surface area (Å²) in [4.78, 5) is 0.0867. The SMILES string of the molecule is Clc1ccc(Cl)c(C(Br)Cc2ccccc2Cl)c1. The van der Waals surface area contributed by atoms with E-state index in [1.165, 1.54) is 0 Å². The van der Waals surface area contributed by atoms with E-state index in [1.54, 1.807) is 12.1 Å². The van der Waals surface area contributed by atoms with Gasteiger partial charge in [-0.25, -0.2) is 0 Å². The van der Waals surface area contributed by atoms with Gasteiger partial charge in [-0.3, -0.25) is 0 Å². The Kier molecular flexibility index (Phi) is 4.97. The molecule has 0 aliphatic heterocycles. The fourth-order valence-electron chi connectivity index (χ4n) is 1.72. The van der Waals surface area contributed by atoms with Crippen molar-refractivity contribution in [3.63, 3.8) is 0 Å². The number of benzene rings is 2. The molecule has 0 aromatic heterocycles. The molecular weight excluding hydrogens is 354 g/mol. The molecule has 2 rings (SSSR count). The van der Waals surface area contributed by atoms with Gasteiger partial charge in [0.2, 0.25) is 0 Å². The van der Waals surface area contributed by atoms with E-state index >= 15 is 0 Å². The Hall–Kier alpha value is -0.210. The molecular formula is C14H10BrCl3. The second-order valence-electron chi connectivity index (χ2n) is 3.93. The first-order valence-electron chi connectivity index (χ1n) is 5.40. The summed E-state index contributed by atoms with van der Waals surface area (Å²) in [6.07, 6.45) is 0.764. The molecule has 0 N–H and O–H groups in total. The molecule has 0 aliphatic carbocycles. The van der Waals surface area contributed by atoms with Crippen LogP contribution in [0.5, 0.6) is 0 Å². The zero-order valence-electron chi connectivity index (χ0n) is 9.34. The van der Waals surface area contributed by atoms with Gasteiger partial charge in [-0.1, -0.05) is 68.9 Å². The average molecular weight is 364 g/mol. The van der Waals surface area contributed by atoms with Gasteiger partial charge < -0.3 is 0 Å². The highest BCUT2D eigenvalue weighted by Gasteiger charge is 2.14. The molecule has 2 aromatic carbocycles. The first kappa shape index (κ1) is 14.2.